The van der Waals surface area contributed by atoms with E-state index in [0.717, 1.165) is 51.4 Å². The van der Waals surface area contributed by atoms with Crippen molar-refractivity contribution in [2.75, 3.05) is 13.2 Å². The van der Waals surface area contributed by atoms with Crippen LogP contribution in [0.4, 0.5) is 0 Å². The minimum atomic E-state index is -0.292. The zero-order chi connectivity index (χ0) is 25.0. The van der Waals surface area contributed by atoms with Gasteiger partial charge in [0.1, 0.15) is 0 Å². The molecule has 0 aromatic rings. The smallest absolute Gasteiger partial charge is 0.334 e. The Hall–Kier alpha value is -1.32. The van der Waals surface area contributed by atoms with Crippen molar-refractivity contribution < 1.29 is 19.1 Å². The first-order valence-electron chi connectivity index (χ1n) is 14.6. The van der Waals surface area contributed by atoms with Crippen LogP contribution in [0, 0.1) is 11.8 Å². The van der Waals surface area contributed by atoms with Crippen LogP contribution in [0.15, 0.2) is 11.1 Å². The van der Waals surface area contributed by atoms with Crippen LogP contribution in [0.3, 0.4) is 0 Å². The van der Waals surface area contributed by atoms with Gasteiger partial charge in [0.15, 0.2) is 0 Å². The molecule has 0 aromatic heterocycles. The van der Waals surface area contributed by atoms with Gasteiger partial charge in [-0.2, -0.15) is 0 Å². The highest BCUT2D eigenvalue weighted by Crippen LogP contribution is 2.34. The Morgan fingerprint density at radius 3 is 1.65 bits per heavy atom. The van der Waals surface area contributed by atoms with Crippen molar-refractivity contribution in [1.82, 2.24) is 0 Å². The number of unbranched alkanes of at least 4 members (excludes halogenated alkanes) is 10. The lowest BCUT2D eigenvalue weighted by Gasteiger charge is -2.26. The molecule has 1 fully saturated rings. The van der Waals surface area contributed by atoms with Crippen LogP contribution in [0.25, 0.3) is 0 Å². The maximum Gasteiger partial charge on any atom is 0.334 e. The molecule has 0 atom stereocenters. The zero-order valence-corrected chi connectivity index (χ0v) is 22.9. The molecule has 0 heterocycles. The second kappa shape index (κ2) is 19.9. The number of carbonyl (C=O) groups excluding carboxylic acids is 2. The van der Waals surface area contributed by atoms with Crippen LogP contribution in [-0.4, -0.2) is 25.2 Å². The Kier molecular flexibility index (Phi) is 18.0. The van der Waals surface area contributed by atoms with Gasteiger partial charge in [-0.15, -0.1) is 0 Å². The number of carbonyl (C=O) groups is 2. The van der Waals surface area contributed by atoms with Crippen molar-refractivity contribution in [3.63, 3.8) is 0 Å². The third-order valence-corrected chi connectivity index (χ3v) is 6.88. The lowest BCUT2D eigenvalue weighted by molar-refractivity contribution is -0.143. The molecule has 0 aliphatic heterocycles. The highest BCUT2D eigenvalue weighted by molar-refractivity contribution is 6.00. The standard InChI is InChI=1S/C30H54O4/c1-5-7-9-11-13-18-22-33-29(31)27(24-25(3)4)28(26-20-16-15-17-21-26)30(32)34-23-19-14-12-10-8-6-2/h25-26H,5-24H2,1-4H3. The molecule has 0 aromatic carbocycles. The lowest BCUT2D eigenvalue weighted by Crippen LogP contribution is -2.25. The molecule has 0 spiro atoms. The van der Waals surface area contributed by atoms with E-state index in [1.165, 1.54) is 57.8 Å². The molecule has 1 aliphatic rings. The van der Waals surface area contributed by atoms with Crippen LogP contribution < -0.4 is 0 Å². The van der Waals surface area contributed by atoms with Gasteiger partial charge in [-0.05, 0) is 43.9 Å². The monoisotopic (exact) mass is 478 g/mol. The maximum absolute atomic E-state index is 13.3. The van der Waals surface area contributed by atoms with E-state index in [4.69, 9.17) is 9.47 Å². The van der Waals surface area contributed by atoms with E-state index in [-0.39, 0.29) is 23.8 Å². The first-order valence-corrected chi connectivity index (χ1v) is 14.6. The van der Waals surface area contributed by atoms with E-state index >= 15 is 0 Å². The number of hydrogen-bond donors (Lipinski definition) is 0. The SMILES string of the molecule is CCCCCCCCOC(=O)C(CC(C)C)=C(C(=O)OCCCCCCCC)C1CCCCC1. The van der Waals surface area contributed by atoms with Crippen LogP contribution in [0.5, 0.6) is 0 Å². The second-order valence-corrected chi connectivity index (χ2v) is 10.6. The fraction of sp³-hybridized carbons (Fsp3) is 0.867. The summed E-state index contributed by atoms with van der Waals surface area (Å²) in [5.41, 5.74) is 1.22. The Bertz CT molecular complexity index is 572. The van der Waals surface area contributed by atoms with Crippen LogP contribution in [0.1, 0.15) is 143 Å². The molecule has 0 amide bonds. The highest BCUT2D eigenvalue weighted by Gasteiger charge is 2.31. The van der Waals surface area contributed by atoms with E-state index in [2.05, 4.69) is 27.7 Å². The van der Waals surface area contributed by atoms with Gasteiger partial charge in [0.25, 0.3) is 0 Å². The Labute approximate surface area is 210 Å². The van der Waals surface area contributed by atoms with Crippen molar-refractivity contribution in [1.29, 1.82) is 0 Å². The molecule has 1 saturated carbocycles. The summed E-state index contributed by atoms with van der Waals surface area (Å²) < 4.78 is 11.5. The van der Waals surface area contributed by atoms with E-state index in [1.54, 1.807) is 0 Å². The number of hydrogen-bond acceptors (Lipinski definition) is 4. The summed E-state index contributed by atoms with van der Waals surface area (Å²) in [5.74, 6) is -0.158. The fourth-order valence-corrected chi connectivity index (χ4v) is 4.90. The maximum atomic E-state index is 13.3. The first kappa shape index (κ1) is 30.7. The van der Waals surface area contributed by atoms with Gasteiger partial charge >= 0.3 is 11.9 Å². The summed E-state index contributed by atoms with van der Waals surface area (Å²) in [6.07, 6.45) is 19.8. The predicted octanol–water partition coefficient (Wildman–Crippen LogP) is 8.72. The molecule has 4 nitrogen and oxygen atoms in total. The highest BCUT2D eigenvalue weighted by atomic mass is 16.5. The largest absolute Gasteiger partial charge is 0.462 e. The minimum absolute atomic E-state index is 0.126. The molecule has 198 valence electrons. The molecule has 0 saturated heterocycles. The van der Waals surface area contributed by atoms with Crippen molar-refractivity contribution in [2.24, 2.45) is 11.8 Å². The van der Waals surface area contributed by atoms with Gasteiger partial charge in [0, 0.05) is 5.57 Å². The predicted molar refractivity (Wildman–Crippen MR) is 142 cm³/mol. The van der Waals surface area contributed by atoms with Gasteiger partial charge < -0.3 is 9.47 Å². The van der Waals surface area contributed by atoms with Crippen LogP contribution in [-0.2, 0) is 19.1 Å². The molecule has 34 heavy (non-hydrogen) atoms. The second-order valence-electron chi connectivity index (χ2n) is 10.6. The molecule has 0 radical (unpaired) electrons. The van der Waals surface area contributed by atoms with Crippen molar-refractivity contribution in [2.45, 2.75) is 143 Å². The zero-order valence-electron chi connectivity index (χ0n) is 22.9. The van der Waals surface area contributed by atoms with Crippen molar-refractivity contribution in [3.05, 3.63) is 11.1 Å². The number of esters is 2. The summed E-state index contributed by atoms with van der Waals surface area (Å²) in [5, 5.41) is 0. The summed E-state index contributed by atoms with van der Waals surface area (Å²) in [6, 6.07) is 0. The van der Waals surface area contributed by atoms with E-state index in [9.17, 15) is 9.59 Å². The molecule has 0 N–H and O–H groups in total. The Morgan fingerprint density at radius 2 is 1.15 bits per heavy atom. The van der Waals surface area contributed by atoms with Crippen LogP contribution >= 0.6 is 0 Å². The number of ether oxygens (including phenoxy) is 2. The van der Waals surface area contributed by atoms with E-state index in [0.29, 0.717) is 30.8 Å². The van der Waals surface area contributed by atoms with Gasteiger partial charge in [-0.1, -0.05) is 111 Å². The van der Waals surface area contributed by atoms with Crippen molar-refractivity contribution in [3.8, 4) is 0 Å². The first-order chi connectivity index (χ1) is 16.5. The molecular weight excluding hydrogens is 424 g/mol. The molecule has 1 rings (SSSR count). The summed E-state index contributed by atoms with van der Waals surface area (Å²) in [6.45, 7) is 9.52. The van der Waals surface area contributed by atoms with Crippen molar-refractivity contribution >= 4 is 11.9 Å². The Balaban J connectivity index is 2.80. The Morgan fingerprint density at radius 1 is 0.676 bits per heavy atom. The summed E-state index contributed by atoms with van der Waals surface area (Å²) in [4.78, 5) is 26.5. The average molecular weight is 479 g/mol. The summed E-state index contributed by atoms with van der Waals surface area (Å²) in [7, 11) is 0. The van der Waals surface area contributed by atoms with Gasteiger partial charge in [0.2, 0.25) is 0 Å². The third-order valence-electron chi connectivity index (χ3n) is 6.88. The van der Waals surface area contributed by atoms with Gasteiger partial charge in [-0.25, -0.2) is 9.59 Å². The topological polar surface area (TPSA) is 52.6 Å². The molecule has 4 heteroatoms. The average Bonchev–Trinajstić information content (AvgIpc) is 2.82. The minimum Gasteiger partial charge on any atom is -0.462 e. The number of rotatable bonds is 19. The van der Waals surface area contributed by atoms with E-state index in [1.807, 2.05) is 0 Å². The lowest BCUT2D eigenvalue weighted by atomic mass is 9.80. The van der Waals surface area contributed by atoms with Crippen LogP contribution in [0.2, 0.25) is 0 Å². The molecular formula is C30H54O4. The van der Waals surface area contributed by atoms with E-state index < -0.39 is 0 Å². The third kappa shape index (κ3) is 13.5. The summed E-state index contributed by atoms with van der Waals surface area (Å²) >= 11 is 0. The van der Waals surface area contributed by atoms with Gasteiger partial charge in [-0.3, -0.25) is 0 Å². The molecule has 1 aliphatic carbocycles. The molecule has 0 bridgehead atoms. The normalized spacial score (nSPS) is 15.3. The van der Waals surface area contributed by atoms with Gasteiger partial charge in [0.05, 0.1) is 18.8 Å². The molecule has 0 unspecified atom stereocenters. The fourth-order valence-electron chi connectivity index (χ4n) is 4.90. The quantitative estimate of drug-likeness (QED) is 0.106.